The Kier molecular flexibility index (Phi) is 5.52. The van der Waals surface area contributed by atoms with Gasteiger partial charge in [0, 0.05) is 47.8 Å². The quantitative estimate of drug-likeness (QED) is 0.375. The van der Waals surface area contributed by atoms with Gasteiger partial charge in [-0.25, -0.2) is 23.6 Å². The number of aromatic nitrogens is 5. The highest BCUT2D eigenvalue weighted by Gasteiger charge is 2.22. The van der Waals surface area contributed by atoms with E-state index in [1.54, 1.807) is 30.5 Å². The molecule has 5 aromatic rings. The minimum atomic E-state index is -1.05. The summed E-state index contributed by atoms with van der Waals surface area (Å²) in [5.41, 5.74) is 2.35. The zero-order chi connectivity index (χ0) is 24.9. The SMILES string of the molecule is CN(C)CCCn1cc(-n2c(-c3cn(C)c4ccc(F)cc34)n[nH]c2=O)c2cc(C(=O)O)ccc21. The van der Waals surface area contributed by atoms with Gasteiger partial charge in [0.25, 0.3) is 0 Å². The Hall–Kier alpha value is -4.18. The van der Waals surface area contributed by atoms with Crippen molar-refractivity contribution in [1.29, 1.82) is 0 Å². The van der Waals surface area contributed by atoms with Crippen molar-refractivity contribution >= 4 is 27.8 Å². The molecular formula is C25H25FN6O3. The van der Waals surface area contributed by atoms with Crippen LogP contribution in [0.3, 0.4) is 0 Å². The Morgan fingerprint density at radius 2 is 1.89 bits per heavy atom. The van der Waals surface area contributed by atoms with Crippen molar-refractivity contribution in [2.24, 2.45) is 7.05 Å². The summed E-state index contributed by atoms with van der Waals surface area (Å²) in [4.78, 5) is 26.8. The molecule has 0 spiro atoms. The molecule has 0 bridgehead atoms. The summed E-state index contributed by atoms with van der Waals surface area (Å²) in [5.74, 6) is -1.13. The highest BCUT2D eigenvalue weighted by atomic mass is 19.1. The third-order valence-corrected chi connectivity index (χ3v) is 6.22. The fraction of sp³-hybridized carbons (Fsp3) is 0.240. The lowest BCUT2D eigenvalue weighted by Gasteiger charge is -2.10. The largest absolute Gasteiger partial charge is 0.478 e. The van der Waals surface area contributed by atoms with Crippen molar-refractivity contribution in [2.75, 3.05) is 20.6 Å². The second-order valence-corrected chi connectivity index (χ2v) is 8.90. The van der Waals surface area contributed by atoms with E-state index in [9.17, 15) is 19.1 Å². The first-order valence-corrected chi connectivity index (χ1v) is 11.2. The summed E-state index contributed by atoms with van der Waals surface area (Å²) >= 11 is 0. The van der Waals surface area contributed by atoms with Gasteiger partial charge in [0.2, 0.25) is 0 Å². The van der Waals surface area contributed by atoms with Crippen molar-refractivity contribution < 1.29 is 14.3 Å². The van der Waals surface area contributed by atoms with Crippen LogP contribution < -0.4 is 5.69 Å². The van der Waals surface area contributed by atoms with Gasteiger partial charge in [0.05, 0.1) is 16.8 Å². The van der Waals surface area contributed by atoms with Crippen LogP contribution in [0.5, 0.6) is 0 Å². The number of aryl methyl sites for hydroxylation is 2. The molecule has 0 aliphatic carbocycles. The van der Waals surface area contributed by atoms with E-state index in [-0.39, 0.29) is 5.56 Å². The van der Waals surface area contributed by atoms with Crippen molar-refractivity contribution in [1.82, 2.24) is 28.8 Å². The summed E-state index contributed by atoms with van der Waals surface area (Å²) in [7, 11) is 5.85. The molecule has 3 aromatic heterocycles. The third-order valence-electron chi connectivity index (χ3n) is 6.22. The zero-order valence-corrected chi connectivity index (χ0v) is 19.6. The van der Waals surface area contributed by atoms with Crippen LogP contribution in [0.15, 0.2) is 53.6 Å². The van der Waals surface area contributed by atoms with Crippen molar-refractivity contribution in [3.05, 3.63) is 70.7 Å². The predicted octanol–water partition coefficient (Wildman–Crippen LogP) is 3.46. The maximum atomic E-state index is 14.1. The number of H-pyrrole nitrogens is 1. The number of halogens is 1. The van der Waals surface area contributed by atoms with E-state index in [1.165, 1.54) is 16.7 Å². The number of aromatic amines is 1. The second-order valence-electron chi connectivity index (χ2n) is 8.90. The molecule has 0 atom stereocenters. The fourth-order valence-electron chi connectivity index (χ4n) is 4.58. The maximum absolute atomic E-state index is 14.1. The van der Waals surface area contributed by atoms with Crippen LogP contribution in [-0.4, -0.2) is 60.5 Å². The van der Waals surface area contributed by atoms with E-state index in [2.05, 4.69) is 15.1 Å². The van der Waals surface area contributed by atoms with Gasteiger partial charge < -0.3 is 19.1 Å². The van der Waals surface area contributed by atoms with Gasteiger partial charge in [0.15, 0.2) is 5.82 Å². The zero-order valence-electron chi connectivity index (χ0n) is 19.6. The normalized spacial score (nSPS) is 11.8. The highest BCUT2D eigenvalue weighted by molar-refractivity contribution is 5.98. The summed E-state index contributed by atoms with van der Waals surface area (Å²) in [6.07, 6.45) is 4.51. The van der Waals surface area contributed by atoms with Gasteiger partial charge in [0.1, 0.15) is 5.82 Å². The molecule has 0 saturated heterocycles. The average molecular weight is 477 g/mol. The molecule has 0 aliphatic rings. The van der Waals surface area contributed by atoms with Crippen molar-refractivity contribution in [3.8, 4) is 17.1 Å². The molecule has 10 heteroatoms. The van der Waals surface area contributed by atoms with Gasteiger partial charge in [-0.2, -0.15) is 5.10 Å². The lowest BCUT2D eigenvalue weighted by molar-refractivity contribution is 0.0697. The number of nitrogens with zero attached hydrogens (tertiary/aromatic N) is 5. The number of carbonyl (C=O) groups is 1. The Morgan fingerprint density at radius 1 is 1.11 bits per heavy atom. The van der Waals surface area contributed by atoms with E-state index >= 15 is 0 Å². The molecule has 0 saturated carbocycles. The molecule has 0 fully saturated rings. The van der Waals surface area contributed by atoms with Crippen LogP contribution in [0.2, 0.25) is 0 Å². The molecule has 3 heterocycles. The molecule has 5 rings (SSSR count). The number of nitrogens with one attached hydrogen (secondary N) is 1. The number of rotatable bonds is 7. The first kappa shape index (κ1) is 22.6. The minimum Gasteiger partial charge on any atom is -0.478 e. The maximum Gasteiger partial charge on any atom is 0.348 e. The molecule has 0 unspecified atom stereocenters. The van der Waals surface area contributed by atoms with Crippen molar-refractivity contribution in [3.63, 3.8) is 0 Å². The lowest BCUT2D eigenvalue weighted by Crippen LogP contribution is -2.16. The van der Waals surface area contributed by atoms with E-state index in [0.29, 0.717) is 34.4 Å². The molecule has 180 valence electrons. The number of hydrogen-bond donors (Lipinski definition) is 2. The minimum absolute atomic E-state index is 0.120. The molecule has 2 aromatic carbocycles. The number of benzene rings is 2. The van der Waals surface area contributed by atoms with Gasteiger partial charge in [-0.3, -0.25) is 0 Å². The fourth-order valence-corrected chi connectivity index (χ4v) is 4.58. The Bertz CT molecular complexity index is 1640. The molecule has 0 aliphatic heterocycles. The van der Waals surface area contributed by atoms with Crippen LogP contribution >= 0.6 is 0 Å². The number of hydrogen-bond acceptors (Lipinski definition) is 4. The average Bonchev–Trinajstić information content (AvgIpc) is 3.46. The molecule has 9 nitrogen and oxygen atoms in total. The Labute approximate surface area is 199 Å². The molecule has 2 N–H and O–H groups in total. The first-order chi connectivity index (χ1) is 16.7. The standard InChI is InChI=1S/C25H25FN6O3/c1-29(2)9-4-10-31-14-22(18-11-15(24(33)34)5-7-21(18)31)32-23(27-28-25(32)35)19-13-30(3)20-8-6-16(26)12-17(19)20/h5-8,11-14H,4,9-10H2,1-3H3,(H,28,35)(H,33,34). The van der Waals surface area contributed by atoms with E-state index in [1.807, 2.05) is 36.5 Å². The van der Waals surface area contributed by atoms with Crippen LogP contribution in [0.25, 0.3) is 38.9 Å². The van der Waals surface area contributed by atoms with E-state index < -0.39 is 17.5 Å². The van der Waals surface area contributed by atoms with Gasteiger partial charge in [-0.1, -0.05) is 0 Å². The van der Waals surface area contributed by atoms with E-state index in [0.717, 1.165) is 24.0 Å². The van der Waals surface area contributed by atoms with Gasteiger partial charge in [-0.15, -0.1) is 0 Å². The molecule has 0 amide bonds. The number of fused-ring (bicyclic) bond motifs is 2. The van der Waals surface area contributed by atoms with Crippen LogP contribution in [0.1, 0.15) is 16.8 Å². The smallest absolute Gasteiger partial charge is 0.348 e. The second kappa shape index (κ2) is 8.55. The van der Waals surface area contributed by atoms with Crippen LogP contribution in [0, 0.1) is 5.82 Å². The first-order valence-electron chi connectivity index (χ1n) is 11.2. The Morgan fingerprint density at radius 3 is 2.63 bits per heavy atom. The summed E-state index contributed by atoms with van der Waals surface area (Å²) in [6, 6.07) is 9.37. The summed E-state index contributed by atoms with van der Waals surface area (Å²) < 4.78 is 19.4. The molecular weight excluding hydrogens is 451 g/mol. The summed E-state index contributed by atoms with van der Waals surface area (Å²) in [5, 5.41) is 17.6. The van der Waals surface area contributed by atoms with E-state index in [4.69, 9.17) is 0 Å². The lowest BCUT2D eigenvalue weighted by atomic mass is 10.1. The number of aromatic carboxylic acids is 1. The number of carboxylic acid groups (broad SMARTS) is 1. The monoisotopic (exact) mass is 476 g/mol. The topological polar surface area (TPSA) is 101 Å². The summed E-state index contributed by atoms with van der Waals surface area (Å²) in [6.45, 7) is 1.56. The van der Waals surface area contributed by atoms with Gasteiger partial charge in [-0.05, 0) is 63.5 Å². The predicted molar refractivity (Wildman–Crippen MR) is 132 cm³/mol. The molecule has 35 heavy (non-hydrogen) atoms. The van der Waals surface area contributed by atoms with Crippen LogP contribution in [-0.2, 0) is 13.6 Å². The van der Waals surface area contributed by atoms with Crippen LogP contribution in [0.4, 0.5) is 4.39 Å². The molecule has 0 radical (unpaired) electrons. The third kappa shape index (κ3) is 3.91. The van der Waals surface area contributed by atoms with Crippen molar-refractivity contribution in [2.45, 2.75) is 13.0 Å². The highest BCUT2D eigenvalue weighted by Crippen LogP contribution is 2.33. The number of carboxylic acids is 1. The Balaban J connectivity index is 1.74. The van der Waals surface area contributed by atoms with Gasteiger partial charge >= 0.3 is 11.7 Å².